The fourth-order valence-corrected chi connectivity index (χ4v) is 3.36. The van der Waals surface area contributed by atoms with E-state index in [1.165, 1.54) is 28.9 Å². The maximum atomic E-state index is 14.3. The maximum absolute atomic E-state index is 14.3. The van der Waals surface area contributed by atoms with Crippen LogP contribution in [0.25, 0.3) is 22.2 Å². The van der Waals surface area contributed by atoms with Gasteiger partial charge in [0.15, 0.2) is 0 Å². The number of nitrogens with zero attached hydrogens (tertiary/aromatic N) is 2. The highest BCUT2D eigenvalue weighted by Gasteiger charge is 2.30. The third-order valence-corrected chi connectivity index (χ3v) is 4.90. The van der Waals surface area contributed by atoms with Gasteiger partial charge in [0.1, 0.15) is 11.5 Å². The Hall–Kier alpha value is -3.19. The molecule has 0 spiro atoms. The van der Waals surface area contributed by atoms with Crippen LogP contribution in [0.3, 0.4) is 0 Å². The second-order valence-electron chi connectivity index (χ2n) is 6.67. The lowest BCUT2D eigenvalue weighted by Gasteiger charge is -2.14. The zero-order valence-corrected chi connectivity index (χ0v) is 16.0. The van der Waals surface area contributed by atoms with Crippen LogP contribution in [0.4, 0.5) is 17.6 Å². The number of hydrogen-bond donors (Lipinski definition) is 0. The zero-order chi connectivity index (χ0) is 21.5. The Bertz CT molecular complexity index is 1310. The summed E-state index contributed by atoms with van der Waals surface area (Å²) < 4.78 is 55.1. The highest BCUT2D eigenvalue weighted by Crippen LogP contribution is 2.31. The van der Waals surface area contributed by atoms with Gasteiger partial charge in [0.25, 0.3) is 0 Å². The highest BCUT2D eigenvalue weighted by molar-refractivity contribution is 6.30. The van der Waals surface area contributed by atoms with Gasteiger partial charge in [-0.05, 0) is 36.4 Å². The molecule has 0 amide bonds. The molecule has 0 atom stereocenters. The van der Waals surface area contributed by atoms with Crippen LogP contribution in [-0.4, -0.2) is 9.78 Å². The Morgan fingerprint density at radius 2 is 1.73 bits per heavy atom. The summed E-state index contributed by atoms with van der Waals surface area (Å²) in [5.74, 6) is -0.548. The lowest BCUT2D eigenvalue weighted by molar-refractivity contribution is -0.137. The van der Waals surface area contributed by atoms with Crippen LogP contribution < -0.4 is 5.43 Å². The fraction of sp³-hybridized carbons (Fsp3) is 0.0909. The molecule has 0 radical (unpaired) electrons. The number of fused-ring (bicyclic) bond motifs is 1. The zero-order valence-electron chi connectivity index (χ0n) is 15.3. The highest BCUT2D eigenvalue weighted by atomic mass is 35.5. The molecule has 0 N–H and O–H groups in total. The molecule has 0 unspecified atom stereocenters. The van der Waals surface area contributed by atoms with Crippen molar-refractivity contribution in [2.24, 2.45) is 0 Å². The first kappa shape index (κ1) is 20.1. The van der Waals surface area contributed by atoms with Crippen molar-refractivity contribution in [3.05, 3.63) is 98.9 Å². The SMILES string of the molecule is O=c1c(-c2cccc(C(F)(F)F)c2)nn(Cc2ccc(Cl)cc2F)c2ccccc12. The minimum absolute atomic E-state index is 0.0320. The molecule has 0 bridgehead atoms. The van der Waals surface area contributed by atoms with Crippen LogP contribution in [0.1, 0.15) is 11.1 Å². The van der Waals surface area contributed by atoms with E-state index < -0.39 is 23.0 Å². The summed E-state index contributed by atoms with van der Waals surface area (Å²) in [4.78, 5) is 13.0. The van der Waals surface area contributed by atoms with Crippen LogP contribution in [0.15, 0.2) is 71.5 Å². The molecule has 3 nitrogen and oxygen atoms in total. The van der Waals surface area contributed by atoms with Gasteiger partial charge < -0.3 is 0 Å². The van der Waals surface area contributed by atoms with Gasteiger partial charge in [-0.15, -0.1) is 0 Å². The normalized spacial score (nSPS) is 11.8. The molecule has 30 heavy (non-hydrogen) atoms. The average Bonchev–Trinajstić information content (AvgIpc) is 2.71. The Balaban J connectivity index is 1.92. The molecule has 0 aliphatic carbocycles. The quantitative estimate of drug-likeness (QED) is 0.376. The van der Waals surface area contributed by atoms with E-state index in [1.54, 1.807) is 24.3 Å². The molecule has 4 aromatic rings. The van der Waals surface area contributed by atoms with E-state index in [-0.39, 0.29) is 33.8 Å². The molecule has 8 heteroatoms. The summed E-state index contributed by atoms with van der Waals surface area (Å²) >= 11 is 5.80. The molecule has 1 aromatic heterocycles. The summed E-state index contributed by atoms with van der Waals surface area (Å²) in [6.07, 6.45) is -4.56. The Morgan fingerprint density at radius 1 is 0.967 bits per heavy atom. The molecule has 0 aliphatic rings. The van der Waals surface area contributed by atoms with Crippen LogP contribution >= 0.6 is 11.6 Å². The van der Waals surface area contributed by atoms with Crippen LogP contribution in [0.2, 0.25) is 5.02 Å². The Labute approximate surface area is 173 Å². The van der Waals surface area contributed by atoms with Gasteiger partial charge in [0.05, 0.1) is 17.6 Å². The largest absolute Gasteiger partial charge is 0.416 e. The topological polar surface area (TPSA) is 34.9 Å². The van der Waals surface area contributed by atoms with Crippen molar-refractivity contribution in [1.82, 2.24) is 9.78 Å². The van der Waals surface area contributed by atoms with Crippen molar-refractivity contribution < 1.29 is 17.6 Å². The summed E-state index contributed by atoms with van der Waals surface area (Å²) in [5.41, 5.74) is -0.786. The van der Waals surface area contributed by atoms with Gasteiger partial charge in [-0.25, -0.2) is 4.39 Å². The van der Waals surface area contributed by atoms with E-state index in [2.05, 4.69) is 5.10 Å². The van der Waals surface area contributed by atoms with Crippen molar-refractivity contribution in [3.8, 4) is 11.3 Å². The summed E-state index contributed by atoms with van der Waals surface area (Å²) in [5, 5.41) is 4.80. The smallest absolute Gasteiger partial charge is 0.287 e. The minimum Gasteiger partial charge on any atom is -0.287 e. The summed E-state index contributed by atoms with van der Waals surface area (Å²) in [6, 6.07) is 15.1. The van der Waals surface area contributed by atoms with E-state index in [9.17, 15) is 22.4 Å². The molecule has 0 saturated carbocycles. The number of hydrogen-bond acceptors (Lipinski definition) is 2. The second kappa shape index (κ2) is 7.57. The summed E-state index contributed by atoms with van der Waals surface area (Å²) in [6.45, 7) is -0.0320. The standard InChI is InChI=1S/C22H13ClF4N2O/c23-16-9-8-14(18(24)11-16)12-29-19-7-2-1-6-17(19)21(30)20(28-29)13-4-3-5-15(10-13)22(25,26)27/h1-11H,12H2. The Kier molecular flexibility index (Phi) is 5.07. The third-order valence-electron chi connectivity index (χ3n) is 4.66. The first-order valence-electron chi connectivity index (χ1n) is 8.85. The van der Waals surface area contributed by atoms with Crippen molar-refractivity contribution >= 4 is 22.5 Å². The average molecular weight is 433 g/mol. The minimum atomic E-state index is -4.56. The molecular weight excluding hydrogens is 420 g/mol. The molecular formula is C22H13ClF4N2O. The predicted molar refractivity (Wildman–Crippen MR) is 107 cm³/mol. The monoisotopic (exact) mass is 432 g/mol. The maximum Gasteiger partial charge on any atom is 0.416 e. The number of para-hydroxylation sites is 1. The number of benzene rings is 3. The number of halogens is 5. The van der Waals surface area contributed by atoms with Gasteiger partial charge in [-0.3, -0.25) is 9.48 Å². The van der Waals surface area contributed by atoms with Crippen molar-refractivity contribution in [3.63, 3.8) is 0 Å². The molecule has 0 saturated heterocycles. The van der Waals surface area contributed by atoms with Crippen LogP contribution in [0.5, 0.6) is 0 Å². The first-order valence-corrected chi connectivity index (χ1v) is 9.23. The van der Waals surface area contributed by atoms with Gasteiger partial charge in [0, 0.05) is 21.5 Å². The van der Waals surface area contributed by atoms with Gasteiger partial charge in [0.2, 0.25) is 5.43 Å². The number of alkyl halides is 3. The van der Waals surface area contributed by atoms with Crippen LogP contribution in [-0.2, 0) is 12.7 Å². The number of aromatic nitrogens is 2. The molecule has 4 rings (SSSR count). The van der Waals surface area contributed by atoms with E-state index in [0.717, 1.165) is 18.2 Å². The number of rotatable bonds is 3. The second-order valence-corrected chi connectivity index (χ2v) is 7.10. The predicted octanol–water partition coefficient (Wildman–Crippen LogP) is 5.92. The fourth-order valence-electron chi connectivity index (χ4n) is 3.20. The molecule has 1 heterocycles. The molecule has 152 valence electrons. The van der Waals surface area contributed by atoms with Crippen LogP contribution in [0, 0.1) is 5.82 Å². The van der Waals surface area contributed by atoms with E-state index in [0.29, 0.717) is 5.52 Å². The van der Waals surface area contributed by atoms with Gasteiger partial charge >= 0.3 is 6.18 Å². The molecule has 3 aromatic carbocycles. The van der Waals surface area contributed by atoms with E-state index in [4.69, 9.17) is 11.6 Å². The lowest BCUT2D eigenvalue weighted by Crippen LogP contribution is -2.18. The van der Waals surface area contributed by atoms with Crippen molar-refractivity contribution in [2.75, 3.05) is 0 Å². The summed E-state index contributed by atoms with van der Waals surface area (Å²) in [7, 11) is 0. The van der Waals surface area contributed by atoms with E-state index >= 15 is 0 Å². The van der Waals surface area contributed by atoms with Gasteiger partial charge in [-0.1, -0.05) is 41.9 Å². The van der Waals surface area contributed by atoms with Crippen molar-refractivity contribution in [2.45, 2.75) is 12.7 Å². The van der Waals surface area contributed by atoms with E-state index in [1.807, 2.05) is 0 Å². The van der Waals surface area contributed by atoms with Crippen molar-refractivity contribution in [1.29, 1.82) is 0 Å². The first-order chi connectivity index (χ1) is 14.2. The van der Waals surface area contributed by atoms with Gasteiger partial charge in [-0.2, -0.15) is 18.3 Å². The molecule has 0 fully saturated rings. The Morgan fingerprint density at radius 3 is 2.47 bits per heavy atom. The third kappa shape index (κ3) is 3.80. The lowest BCUT2D eigenvalue weighted by atomic mass is 10.1. The molecule has 0 aliphatic heterocycles.